The van der Waals surface area contributed by atoms with Crippen LogP contribution in [0.5, 0.6) is 0 Å². The zero-order valence-electron chi connectivity index (χ0n) is 8.33. The highest BCUT2D eigenvalue weighted by molar-refractivity contribution is 9.11. The Kier molecular flexibility index (Phi) is 8.55. The number of rotatable bonds is 5. The summed E-state index contributed by atoms with van der Waals surface area (Å²) in [7, 11) is 0. The van der Waals surface area contributed by atoms with Crippen molar-refractivity contribution in [1.82, 2.24) is 0 Å². The number of halogens is 3. The van der Waals surface area contributed by atoms with E-state index in [9.17, 15) is 5.11 Å². The Balaban J connectivity index is 4.43. The van der Waals surface area contributed by atoms with E-state index in [2.05, 4.69) is 37.8 Å². The molecule has 0 saturated carbocycles. The average molecular weight is 356 g/mol. The number of alkyl halides is 2. The van der Waals surface area contributed by atoms with Crippen molar-refractivity contribution in [3.63, 3.8) is 0 Å². The lowest BCUT2D eigenvalue weighted by Crippen LogP contribution is -2.29. The molecule has 0 unspecified atom stereocenters. The maximum absolute atomic E-state index is 9.83. The summed E-state index contributed by atoms with van der Waals surface area (Å²) < 4.78 is 0.641. The molecule has 0 rings (SSSR count). The van der Waals surface area contributed by atoms with Gasteiger partial charge in [0, 0.05) is 15.7 Å². The fourth-order valence-electron chi connectivity index (χ4n) is 0.862. The van der Waals surface area contributed by atoms with Crippen molar-refractivity contribution in [3.05, 3.63) is 22.7 Å². The molecule has 0 bridgehead atoms. The van der Waals surface area contributed by atoms with Gasteiger partial charge in [-0.25, -0.2) is 0 Å². The summed E-state index contributed by atoms with van der Waals surface area (Å²) >= 11 is 12.7. The predicted molar refractivity (Wildman–Crippen MR) is 73.6 cm³/mol. The van der Waals surface area contributed by atoms with E-state index in [1.165, 1.54) is 0 Å². The highest BCUT2D eigenvalue weighted by atomic mass is 79.9. The van der Waals surface area contributed by atoms with Crippen LogP contribution in [0.1, 0.15) is 13.3 Å². The average Bonchev–Trinajstić information content (AvgIpc) is 2.24. The van der Waals surface area contributed by atoms with Crippen LogP contribution in [-0.4, -0.2) is 21.4 Å². The molecule has 0 aromatic rings. The fourth-order valence-corrected chi connectivity index (χ4v) is 2.15. The molecule has 0 spiro atoms. The van der Waals surface area contributed by atoms with E-state index in [0.29, 0.717) is 10.9 Å². The van der Waals surface area contributed by atoms with Crippen LogP contribution in [0.3, 0.4) is 0 Å². The van der Waals surface area contributed by atoms with Crippen LogP contribution in [0.15, 0.2) is 22.7 Å². The van der Waals surface area contributed by atoms with E-state index in [-0.39, 0.29) is 4.83 Å². The molecular formula is C11H13Br2ClO. The lowest BCUT2D eigenvalue weighted by molar-refractivity contribution is 0.213. The van der Waals surface area contributed by atoms with Gasteiger partial charge in [-0.1, -0.05) is 44.0 Å². The highest BCUT2D eigenvalue weighted by Crippen LogP contribution is 2.25. The second-order valence-corrected chi connectivity index (χ2v) is 5.49. The molecule has 1 N–H and O–H groups in total. The third-order valence-electron chi connectivity index (χ3n) is 1.69. The van der Waals surface area contributed by atoms with Crippen molar-refractivity contribution in [1.29, 1.82) is 0 Å². The molecule has 0 saturated heterocycles. The number of aliphatic hydroxyl groups is 1. The van der Waals surface area contributed by atoms with Gasteiger partial charge in [0.25, 0.3) is 0 Å². The van der Waals surface area contributed by atoms with Gasteiger partial charge in [-0.05, 0) is 13.0 Å². The third kappa shape index (κ3) is 5.77. The first-order chi connectivity index (χ1) is 7.04. The summed E-state index contributed by atoms with van der Waals surface area (Å²) in [6.07, 6.45) is 10.3. The number of hydrogen-bond donors (Lipinski definition) is 1. The van der Waals surface area contributed by atoms with Gasteiger partial charge in [-0.3, -0.25) is 0 Å². The monoisotopic (exact) mass is 354 g/mol. The van der Waals surface area contributed by atoms with Gasteiger partial charge in [0.05, 0.1) is 5.38 Å². The van der Waals surface area contributed by atoms with Gasteiger partial charge >= 0.3 is 0 Å². The van der Waals surface area contributed by atoms with Crippen LogP contribution >= 0.6 is 43.5 Å². The molecule has 0 aliphatic carbocycles. The maximum atomic E-state index is 9.83. The summed E-state index contributed by atoms with van der Waals surface area (Å²) in [5.41, 5.74) is 0. The molecule has 0 heterocycles. The largest absolute Gasteiger partial charge is 0.386 e. The Hall–Kier alpha value is 0.250. The van der Waals surface area contributed by atoms with Crippen molar-refractivity contribution < 1.29 is 5.11 Å². The van der Waals surface area contributed by atoms with Crippen molar-refractivity contribution in [3.8, 4) is 12.3 Å². The Morgan fingerprint density at radius 2 is 2.27 bits per heavy atom. The molecule has 0 aliphatic heterocycles. The molecule has 3 atom stereocenters. The Morgan fingerprint density at radius 1 is 1.67 bits per heavy atom. The second kappa shape index (κ2) is 8.41. The van der Waals surface area contributed by atoms with E-state index in [4.69, 9.17) is 18.0 Å². The molecular weight excluding hydrogens is 343 g/mol. The van der Waals surface area contributed by atoms with Crippen LogP contribution < -0.4 is 0 Å². The minimum Gasteiger partial charge on any atom is -0.386 e. The minimum absolute atomic E-state index is 0.106. The number of allylic oxidation sites excluding steroid dienone is 3. The van der Waals surface area contributed by atoms with Crippen LogP contribution in [0, 0.1) is 12.3 Å². The molecule has 0 radical (unpaired) electrons. The van der Waals surface area contributed by atoms with Gasteiger partial charge < -0.3 is 5.11 Å². The fraction of sp³-hybridized carbons (Fsp3) is 0.455. The molecule has 1 nitrogen and oxygen atoms in total. The van der Waals surface area contributed by atoms with Gasteiger partial charge in [0.15, 0.2) is 0 Å². The standard InChI is InChI=1S/C11H13Br2ClO/c1-3-5-7-9(13)11(15)10(14)8(12)6-4-2/h2-3,5,7-8,10-11,15H,6H2,1H3/b5-3-,9-7-/t8-,10+,11+/m0/s1. The topological polar surface area (TPSA) is 20.2 Å². The van der Waals surface area contributed by atoms with Crippen molar-refractivity contribution in [2.75, 3.05) is 0 Å². The van der Waals surface area contributed by atoms with E-state index < -0.39 is 11.5 Å². The number of aliphatic hydroxyl groups excluding tert-OH is 1. The van der Waals surface area contributed by atoms with Gasteiger partial charge in [-0.2, -0.15) is 0 Å². The van der Waals surface area contributed by atoms with Crippen molar-refractivity contribution >= 4 is 43.5 Å². The first-order valence-electron chi connectivity index (χ1n) is 4.42. The van der Waals surface area contributed by atoms with E-state index in [0.717, 1.165) is 0 Å². The summed E-state index contributed by atoms with van der Waals surface area (Å²) in [6, 6.07) is 0. The molecule has 0 aliphatic rings. The van der Waals surface area contributed by atoms with Gasteiger partial charge in [-0.15, -0.1) is 23.9 Å². The zero-order valence-corrected chi connectivity index (χ0v) is 12.3. The lowest BCUT2D eigenvalue weighted by Gasteiger charge is -2.20. The molecule has 0 aromatic carbocycles. The lowest BCUT2D eigenvalue weighted by atomic mass is 10.1. The molecule has 0 aromatic heterocycles. The van der Waals surface area contributed by atoms with E-state index in [1.54, 1.807) is 6.08 Å². The van der Waals surface area contributed by atoms with Crippen molar-refractivity contribution in [2.24, 2.45) is 0 Å². The summed E-state index contributed by atoms with van der Waals surface area (Å²) in [5.74, 6) is 2.49. The van der Waals surface area contributed by atoms with E-state index >= 15 is 0 Å². The minimum atomic E-state index is -0.763. The normalized spacial score (nSPS) is 18.5. The number of hydrogen-bond acceptors (Lipinski definition) is 1. The van der Waals surface area contributed by atoms with Gasteiger partial charge in [0.1, 0.15) is 6.10 Å². The molecule has 4 heteroatoms. The molecule has 0 amide bonds. The first-order valence-corrected chi connectivity index (χ1v) is 6.57. The first kappa shape index (κ1) is 15.2. The van der Waals surface area contributed by atoms with Crippen molar-refractivity contribution in [2.45, 2.75) is 29.7 Å². The SMILES string of the molecule is C#CC[C@H](Br)[C@@H](Cl)[C@H](O)/C(Br)=C/C=C\C. The zero-order chi connectivity index (χ0) is 11.8. The van der Waals surface area contributed by atoms with Crippen LogP contribution in [0.25, 0.3) is 0 Å². The highest BCUT2D eigenvalue weighted by Gasteiger charge is 2.25. The Labute approximate surface area is 113 Å². The molecule has 15 heavy (non-hydrogen) atoms. The smallest absolute Gasteiger partial charge is 0.103 e. The molecule has 0 fully saturated rings. The Morgan fingerprint density at radius 3 is 2.73 bits per heavy atom. The summed E-state index contributed by atoms with van der Waals surface area (Å²) in [5, 5.41) is 9.37. The van der Waals surface area contributed by atoms with Gasteiger partial charge in [0.2, 0.25) is 0 Å². The summed E-state index contributed by atoms with van der Waals surface area (Å²) in [6.45, 7) is 1.90. The maximum Gasteiger partial charge on any atom is 0.103 e. The predicted octanol–water partition coefficient (Wildman–Crippen LogP) is 3.60. The Bertz CT molecular complexity index is 281. The van der Waals surface area contributed by atoms with E-state index in [1.807, 2.05) is 19.1 Å². The van der Waals surface area contributed by atoms with Crippen LogP contribution in [0.4, 0.5) is 0 Å². The molecule has 84 valence electrons. The third-order valence-corrected chi connectivity index (χ3v) is 4.16. The van der Waals surface area contributed by atoms with Crippen LogP contribution in [0.2, 0.25) is 0 Å². The van der Waals surface area contributed by atoms with Crippen LogP contribution in [-0.2, 0) is 0 Å². The quantitative estimate of drug-likeness (QED) is 0.453. The summed E-state index contributed by atoms with van der Waals surface area (Å²) in [4.78, 5) is -0.106. The second-order valence-electron chi connectivity index (χ2n) is 2.89. The number of terminal acetylenes is 1.